The van der Waals surface area contributed by atoms with Crippen molar-refractivity contribution in [1.82, 2.24) is 20.0 Å². The molecule has 26 heavy (non-hydrogen) atoms. The quantitative estimate of drug-likeness (QED) is 0.811. The minimum Gasteiger partial charge on any atom is -0.396 e. The van der Waals surface area contributed by atoms with Gasteiger partial charge in [0.2, 0.25) is 5.91 Å². The molecule has 0 radical (unpaired) electrons. The molecule has 0 aromatic carbocycles. The molecule has 2 aliphatic rings. The third-order valence-electron chi connectivity index (χ3n) is 5.54. The Balaban J connectivity index is 0.00000243. The van der Waals surface area contributed by atoms with Crippen molar-refractivity contribution in [3.05, 3.63) is 17.5 Å². The van der Waals surface area contributed by atoms with Crippen LogP contribution >= 0.6 is 12.4 Å². The molecule has 1 unspecified atom stereocenters. The van der Waals surface area contributed by atoms with Crippen LogP contribution in [-0.2, 0) is 17.5 Å². The van der Waals surface area contributed by atoms with Crippen LogP contribution in [-0.4, -0.2) is 58.5 Å². The second-order valence-corrected chi connectivity index (χ2v) is 7.09. The van der Waals surface area contributed by atoms with Crippen LogP contribution in [0.1, 0.15) is 24.2 Å². The average Bonchev–Trinajstić information content (AvgIpc) is 3.09. The molecule has 2 aliphatic heterocycles. The first kappa shape index (κ1) is 21.0. The average molecular weight is 397 g/mol. The van der Waals surface area contributed by atoms with Gasteiger partial charge in [-0.25, -0.2) is 0 Å². The summed E-state index contributed by atoms with van der Waals surface area (Å²) in [6, 6.07) is 0.947. The van der Waals surface area contributed by atoms with Crippen LogP contribution in [0.15, 0.2) is 6.07 Å². The maximum atomic E-state index is 12.8. The number of nitrogens with zero attached hydrogens (tertiary/aromatic N) is 3. The summed E-state index contributed by atoms with van der Waals surface area (Å²) < 4.78 is 39.4. The van der Waals surface area contributed by atoms with Crippen molar-refractivity contribution < 1.29 is 23.1 Å². The van der Waals surface area contributed by atoms with Crippen molar-refractivity contribution in [3.63, 3.8) is 0 Å². The first-order valence-corrected chi connectivity index (χ1v) is 8.46. The van der Waals surface area contributed by atoms with E-state index in [1.807, 2.05) is 0 Å². The second-order valence-electron chi connectivity index (χ2n) is 7.09. The van der Waals surface area contributed by atoms with Gasteiger partial charge in [0.25, 0.3) is 0 Å². The molecule has 2 saturated heterocycles. The second kappa shape index (κ2) is 7.74. The van der Waals surface area contributed by atoms with Gasteiger partial charge in [-0.3, -0.25) is 9.48 Å². The van der Waals surface area contributed by atoms with Crippen LogP contribution < -0.4 is 5.32 Å². The Kier molecular flexibility index (Phi) is 6.24. The van der Waals surface area contributed by atoms with Crippen LogP contribution in [0.5, 0.6) is 0 Å². The molecule has 0 bridgehead atoms. The van der Waals surface area contributed by atoms with E-state index in [2.05, 4.69) is 10.4 Å². The van der Waals surface area contributed by atoms with E-state index in [-0.39, 0.29) is 42.8 Å². The van der Waals surface area contributed by atoms with Gasteiger partial charge in [-0.1, -0.05) is 0 Å². The van der Waals surface area contributed by atoms with Crippen LogP contribution in [0.3, 0.4) is 0 Å². The fourth-order valence-corrected chi connectivity index (χ4v) is 4.00. The molecule has 0 aliphatic carbocycles. The molecule has 2 fully saturated rings. The largest absolute Gasteiger partial charge is 0.435 e. The van der Waals surface area contributed by atoms with Gasteiger partial charge in [0.1, 0.15) is 6.54 Å². The zero-order valence-corrected chi connectivity index (χ0v) is 15.4. The number of nitrogens with one attached hydrogen (secondary N) is 1. The number of piperidine rings is 1. The monoisotopic (exact) mass is 396 g/mol. The Hall–Kier alpha value is -1.32. The Morgan fingerprint density at radius 2 is 2.08 bits per heavy atom. The van der Waals surface area contributed by atoms with Crippen molar-refractivity contribution in [2.24, 2.45) is 11.3 Å². The summed E-state index contributed by atoms with van der Waals surface area (Å²) in [5.74, 6) is -0.239. The molecule has 1 spiro atoms. The van der Waals surface area contributed by atoms with E-state index in [1.165, 1.54) is 6.92 Å². The molecule has 0 saturated carbocycles. The number of halogens is 4. The van der Waals surface area contributed by atoms with Gasteiger partial charge in [0.05, 0.1) is 0 Å². The zero-order chi connectivity index (χ0) is 18.2. The maximum Gasteiger partial charge on any atom is 0.435 e. The number of aromatic nitrogens is 2. The molecule has 1 atom stereocenters. The minimum atomic E-state index is -4.52. The smallest absolute Gasteiger partial charge is 0.396 e. The first-order chi connectivity index (χ1) is 11.7. The van der Waals surface area contributed by atoms with Crippen molar-refractivity contribution in [2.45, 2.75) is 32.5 Å². The van der Waals surface area contributed by atoms with Gasteiger partial charge in [0.15, 0.2) is 5.69 Å². The highest BCUT2D eigenvalue weighted by atomic mass is 35.5. The number of amides is 1. The van der Waals surface area contributed by atoms with E-state index in [1.54, 1.807) is 4.90 Å². The highest BCUT2D eigenvalue weighted by Crippen LogP contribution is 2.43. The number of carbonyl (C=O) groups excluding carboxylic acids is 1. The topological polar surface area (TPSA) is 70.4 Å². The molecule has 3 heterocycles. The summed E-state index contributed by atoms with van der Waals surface area (Å²) in [7, 11) is 0. The van der Waals surface area contributed by atoms with E-state index in [9.17, 15) is 23.1 Å². The summed E-state index contributed by atoms with van der Waals surface area (Å²) in [5.41, 5.74) is -0.774. The lowest BCUT2D eigenvalue weighted by molar-refractivity contribution is -0.142. The van der Waals surface area contributed by atoms with Gasteiger partial charge < -0.3 is 15.3 Å². The number of aliphatic hydroxyl groups excluding tert-OH is 1. The summed E-state index contributed by atoms with van der Waals surface area (Å²) in [6.45, 7) is 4.01. The summed E-state index contributed by atoms with van der Waals surface area (Å²) >= 11 is 0. The molecule has 1 aromatic heterocycles. The van der Waals surface area contributed by atoms with E-state index >= 15 is 0 Å². The molecule has 10 heteroatoms. The lowest BCUT2D eigenvalue weighted by Crippen LogP contribution is -2.43. The number of likely N-dealkylation sites (tertiary alicyclic amines) is 1. The van der Waals surface area contributed by atoms with E-state index in [4.69, 9.17) is 0 Å². The predicted molar refractivity (Wildman–Crippen MR) is 90.9 cm³/mol. The highest BCUT2D eigenvalue weighted by Gasteiger charge is 2.47. The van der Waals surface area contributed by atoms with Crippen LogP contribution in [0.25, 0.3) is 0 Å². The van der Waals surface area contributed by atoms with Crippen molar-refractivity contribution >= 4 is 18.3 Å². The summed E-state index contributed by atoms with van der Waals surface area (Å²) in [6.07, 6.45) is -2.74. The summed E-state index contributed by atoms with van der Waals surface area (Å²) in [4.78, 5) is 14.3. The molecule has 2 N–H and O–H groups in total. The third kappa shape index (κ3) is 3.99. The molecule has 3 rings (SSSR count). The molecule has 6 nitrogen and oxygen atoms in total. The number of aryl methyl sites for hydroxylation is 1. The zero-order valence-electron chi connectivity index (χ0n) is 14.6. The molecular formula is C16H24ClF3N4O2. The van der Waals surface area contributed by atoms with Gasteiger partial charge in [-0.15, -0.1) is 12.4 Å². The van der Waals surface area contributed by atoms with Crippen LogP contribution in [0, 0.1) is 18.3 Å². The number of alkyl halides is 3. The summed E-state index contributed by atoms with van der Waals surface area (Å²) in [5, 5.41) is 16.5. The lowest BCUT2D eigenvalue weighted by Gasteiger charge is -2.37. The van der Waals surface area contributed by atoms with Gasteiger partial charge in [-0.05, 0) is 44.3 Å². The predicted octanol–water partition coefficient (Wildman–Crippen LogP) is 1.45. The van der Waals surface area contributed by atoms with Crippen molar-refractivity contribution in [1.29, 1.82) is 0 Å². The Morgan fingerprint density at radius 3 is 2.62 bits per heavy atom. The molecular weight excluding hydrogens is 373 g/mol. The number of rotatable bonds is 3. The highest BCUT2D eigenvalue weighted by molar-refractivity contribution is 5.85. The number of aliphatic hydroxyl groups is 1. The van der Waals surface area contributed by atoms with Gasteiger partial charge in [-0.2, -0.15) is 18.3 Å². The van der Waals surface area contributed by atoms with Crippen LogP contribution in [0.2, 0.25) is 0 Å². The van der Waals surface area contributed by atoms with Gasteiger partial charge in [0, 0.05) is 31.3 Å². The fraction of sp³-hybridized carbons (Fsp3) is 0.750. The fourth-order valence-electron chi connectivity index (χ4n) is 4.00. The Morgan fingerprint density at radius 1 is 1.42 bits per heavy atom. The normalized spacial score (nSPS) is 22.5. The minimum absolute atomic E-state index is 0. The van der Waals surface area contributed by atoms with E-state index in [0.717, 1.165) is 36.7 Å². The number of hydrogen-bond acceptors (Lipinski definition) is 4. The number of hydrogen-bond donors (Lipinski definition) is 2. The van der Waals surface area contributed by atoms with Gasteiger partial charge >= 0.3 is 6.18 Å². The Bertz CT molecular complexity index is 644. The van der Waals surface area contributed by atoms with Crippen molar-refractivity contribution in [2.75, 3.05) is 32.8 Å². The van der Waals surface area contributed by atoms with E-state index in [0.29, 0.717) is 18.8 Å². The van der Waals surface area contributed by atoms with Crippen molar-refractivity contribution in [3.8, 4) is 0 Å². The maximum absolute atomic E-state index is 12.8. The molecule has 148 valence electrons. The lowest BCUT2D eigenvalue weighted by atomic mass is 9.71. The first-order valence-electron chi connectivity index (χ1n) is 8.46. The number of carbonyl (C=O) groups is 1. The standard InChI is InChI=1S/C16H23F3N4O2.ClH/c1-11-6-13(16(17,18)19)21-23(11)8-14(25)22-7-12(9-24)15(10-22)2-4-20-5-3-15;/h6,12,20,24H,2-5,7-10H2,1H3;1H. The van der Waals surface area contributed by atoms with Crippen LogP contribution in [0.4, 0.5) is 13.2 Å². The Labute approximate surface area is 156 Å². The molecule has 1 aromatic rings. The molecule has 1 amide bonds. The third-order valence-corrected chi connectivity index (χ3v) is 5.54. The van der Waals surface area contributed by atoms with E-state index < -0.39 is 11.9 Å². The SMILES string of the molecule is Cc1cc(C(F)(F)F)nn1CC(=O)N1CC(CO)C2(CCNCC2)C1.Cl.